The van der Waals surface area contributed by atoms with Gasteiger partial charge in [-0.15, -0.1) is 10.2 Å². The van der Waals surface area contributed by atoms with E-state index >= 15 is 0 Å². The van der Waals surface area contributed by atoms with Crippen molar-refractivity contribution in [3.63, 3.8) is 0 Å². The smallest absolute Gasteiger partial charge is 0.226 e. The van der Waals surface area contributed by atoms with Crippen molar-refractivity contribution in [1.82, 2.24) is 15.2 Å². The highest BCUT2D eigenvalue weighted by molar-refractivity contribution is 5.37. The molecule has 0 spiro atoms. The first-order valence-corrected chi connectivity index (χ1v) is 5.52. The third-order valence-corrected chi connectivity index (χ3v) is 2.51. The molecule has 5 nitrogen and oxygen atoms in total. The molecule has 0 atom stereocenters. The number of hydrogen-bond acceptors (Lipinski definition) is 4. The highest BCUT2D eigenvalue weighted by atomic mass is 15.4. The van der Waals surface area contributed by atoms with Crippen LogP contribution in [0.15, 0.2) is 30.3 Å². The first kappa shape index (κ1) is 11.4. The zero-order valence-electron chi connectivity index (χ0n) is 10.4. The van der Waals surface area contributed by atoms with Crippen molar-refractivity contribution in [2.24, 2.45) is 0 Å². The Morgan fingerprint density at radius 3 is 2.24 bits per heavy atom. The minimum Gasteiger partial charge on any atom is -0.347 e. The van der Waals surface area contributed by atoms with E-state index in [1.807, 2.05) is 49.1 Å². The van der Waals surface area contributed by atoms with Crippen LogP contribution in [-0.4, -0.2) is 36.3 Å². The van der Waals surface area contributed by atoms with Crippen LogP contribution in [0.3, 0.4) is 0 Å². The Labute approximate surface area is 101 Å². The molecule has 2 aromatic rings. The van der Waals surface area contributed by atoms with Gasteiger partial charge in [0, 0.05) is 27.7 Å². The molecule has 17 heavy (non-hydrogen) atoms. The lowest BCUT2D eigenvalue weighted by atomic mass is 10.2. The number of hydrogen-bond donors (Lipinski definition) is 1. The van der Waals surface area contributed by atoms with Gasteiger partial charge in [-0.25, -0.2) is 0 Å². The number of aromatic amines is 1. The fourth-order valence-electron chi connectivity index (χ4n) is 1.55. The zero-order valence-corrected chi connectivity index (χ0v) is 10.4. The second kappa shape index (κ2) is 4.86. The summed E-state index contributed by atoms with van der Waals surface area (Å²) in [6.45, 7) is 0.808. The second-order valence-corrected chi connectivity index (χ2v) is 4.21. The van der Waals surface area contributed by atoms with Gasteiger partial charge in [0.2, 0.25) is 11.9 Å². The SMILES string of the molecule is CN(C)c1nnc(N(C)Cc2ccccc2)[nH]1. The lowest BCUT2D eigenvalue weighted by Crippen LogP contribution is -2.18. The van der Waals surface area contributed by atoms with Gasteiger partial charge in [0.05, 0.1) is 0 Å². The highest BCUT2D eigenvalue weighted by Gasteiger charge is 2.08. The fraction of sp³-hybridized carbons (Fsp3) is 0.333. The summed E-state index contributed by atoms with van der Waals surface area (Å²) in [6.07, 6.45) is 0. The van der Waals surface area contributed by atoms with Crippen molar-refractivity contribution >= 4 is 11.9 Å². The molecule has 1 N–H and O–H groups in total. The summed E-state index contributed by atoms with van der Waals surface area (Å²) in [5.74, 6) is 1.54. The van der Waals surface area contributed by atoms with Gasteiger partial charge in [-0.1, -0.05) is 30.3 Å². The van der Waals surface area contributed by atoms with E-state index in [0.29, 0.717) is 0 Å². The molecule has 0 saturated heterocycles. The third kappa shape index (κ3) is 2.75. The molecule has 0 amide bonds. The van der Waals surface area contributed by atoms with Crippen LogP contribution in [0.1, 0.15) is 5.56 Å². The third-order valence-electron chi connectivity index (χ3n) is 2.51. The first-order valence-electron chi connectivity index (χ1n) is 5.52. The first-order chi connectivity index (χ1) is 8.16. The van der Waals surface area contributed by atoms with E-state index in [1.54, 1.807) is 0 Å². The molecule has 1 heterocycles. The Morgan fingerprint density at radius 1 is 1.00 bits per heavy atom. The predicted molar refractivity (Wildman–Crippen MR) is 69.3 cm³/mol. The van der Waals surface area contributed by atoms with Crippen molar-refractivity contribution in [1.29, 1.82) is 0 Å². The Bertz CT molecular complexity index is 463. The number of nitrogens with zero attached hydrogens (tertiary/aromatic N) is 4. The highest BCUT2D eigenvalue weighted by Crippen LogP contribution is 2.12. The summed E-state index contributed by atoms with van der Waals surface area (Å²) in [7, 11) is 5.86. The molecule has 5 heteroatoms. The summed E-state index contributed by atoms with van der Waals surface area (Å²) in [5, 5.41) is 8.17. The maximum absolute atomic E-state index is 4.11. The van der Waals surface area contributed by atoms with E-state index in [2.05, 4.69) is 27.3 Å². The number of nitrogens with one attached hydrogen (secondary N) is 1. The van der Waals surface area contributed by atoms with Gasteiger partial charge in [-0.2, -0.15) is 0 Å². The minimum atomic E-state index is 0.764. The minimum absolute atomic E-state index is 0.764. The lowest BCUT2D eigenvalue weighted by molar-refractivity contribution is 0.871. The van der Waals surface area contributed by atoms with E-state index in [9.17, 15) is 0 Å². The van der Waals surface area contributed by atoms with E-state index in [0.717, 1.165) is 18.4 Å². The number of aromatic nitrogens is 3. The Kier molecular flexibility index (Phi) is 3.27. The van der Waals surface area contributed by atoms with Gasteiger partial charge >= 0.3 is 0 Å². The van der Waals surface area contributed by atoms with Gasteiger partial charge in [0.25, 0.3) is 0 Å². The number of benzene rings is 1. The summed E-state index contributed by atoms with van der Waals surface area (Å²) < 4.78 is 0. The molecule has 0 radical (unpaired) electrons. The van der Waals surface area contributed by atoms with Crippen LogP contribution in [0.5, 0.6) is 0 Å². The summed E-state index contributed by atoms with van der Waals surface area (Å²) in [5.41, 5.74) is 1.25. The van der Waals surface area contributed by atoms with Crippen molar-refractivity contribution in [3.05, 3.63) is 35.9 Å². The van der Waals surface area contributed by atoms with Crippen molar-refractivity contribution < 1.29 is 0 Å². The molecule has 0 aliphatic heterocycles. The molecule has 0 aliphatic carbocycles. The van der Waals surface area contributed by atoms with Crippen molar-refractivity contribution in [2.45, 2.75) is 6.54 Å². The van der Waals surface area contributed by atoms with Crippen LogP contribution in [0.25, 0.3) is 0 Å². The van der Waals surface area contributed by atoms with Crippen LogP contribution in [-0.2, 0) is 6.54 Å². The lowest BCUT2D eigenvalue weighted by Gasteiger charge is -2.15. The molecule has 0 fully saturated rings. The molecular weight excluding hydrogens is 214 g/mol. The second-order valence-electron chi connectivity index (χ2n) is 4.21. The Balaban J connectivity index is 2.07. The predicted octanol–water partition coefficient (Wildman–Crippen LogP) is 1.51. The summed E-state index contributed by atoms with van der Waals surface area (Å²) in [4.78, 5) is 7.09. The summed E-state index contributed by atoms with van der Waals surface area (Å²) >= 11 is 0. The summed E-state index contributed by atoms with van der Waals surface area (Å²) in [6, 6.07) is 10.3. The van der Waals surface area contributed by atoms with Gasteiger partial charge in [-0.05, 0) is 5.56 Å². The monoisotopic (exact) mass is 231 g/mol. The molecule has 1 aromatic heterocycles. The topological polar surface area (TPSA) is 48.1 Å². The molecule has 90 valence electrons. The van der Waals surface area contributed by atoms with Crippen LogP contribution in [0, 0.1) is 0 Å². The van der Waals surface area contributed by atoms with Crippen molar-refractivity contribution in [2.75, 3.05) is 30.9 Å². The molecule has 1 aromatic carbocycles. The molecule has 0 bridgehead atoms. The molecule has 0 aliphatic rings. The standard InChI is InChI=1S/C12H17N5/c1-16(2)11-13-12(15-14-11)17(3)9-10-7-5-4-6-8-10/h4-8H,9H2,1-3H3,(H,13,14,15). The van der Waals surface area contributed by atoms with Crippen molar-refractivity contribution in [3.8, 4) is 0 Å². The van der Waals surface area contributed by atoms with E-state index in [1.165, 1.54) is 5.56 Å². The molecule has 2 rings (SSSR count). The van der Waals surface area contributed by atoms with Gasteiger partial charge in [-0.3, -0.25) is 4.98 Å². The van der Waals surface area contributed by atoms with E-state index < -0.39 is 0 Å². The van der Waals surface area contributed by atoms with Crippen LogP contribution < -0.4 is 9.80 Å². The maximum atomic E-state index is 4.11. The number of anilines is 2. The maximum Gasteiger partial charge on any atom is 0.226 e. The Hall–Kier alpha value is -2.04. The molecular formula is C12H17N5. The van der Waals surface area contributed by atoms with Gasteiger partial charge in [0.1, 0.15) is 0 Å². The normalized spacial score (nSPS) is 10.3. The zero-order chi connectivity index (χ0) is 12.3. The molecule has 0 unspecified atom stereocenters. The van der Waals surface area contributed by atoms with Crippen LogP contribution >= 0.6 is 0 Å². The Morgan fingerprint density at radius 2 is 1.65 bits per heavy atom. The largest absolute Gasteiger partial charge is 0.347 e. The van der Waals surface area contributed by atoms with Gasteiger partial charge in [0.15, 0.2) is 0 Å². The number of H-pyrrole nitrogens is 1. The quantitative estimate of drug-likeness (QED) is 0.866. The average molecular weight is 231 g/mol. The number of rotatable bonds is 4. The molecule has 0 saturated carbocycles. The average Bonchev–Trinajstić information content (AvgIpc) is 2.79. The van der Waals surface area contributed by atoms with Gasteiger partial charge < -0.3 is 9.80 Å². The fourth-order valence-corrected chi connectivity index (χ4v) is 1.55. The van der Waals surface area contributed by atoms with Crippen LogP contribution in [0.4, 0.5) is 11.9 Å². The van der Waals surface area contributed by atoms with E-state index in [4.69, 9.17) is 0 Å². The van der Waals surface area contributed by atoms with E-state index in [-0.39, 0.29) is 0 Å². The van der Waals surface area contributed by atoms with Crippen LogP contribution in [0.2, 0.25) is 0 Å².